The van der Waals surface area contributed by atoms with Crippen LogP contribution in [0.15, 0.2) is 36.5 Å². The van der Waals surface area contributed by atoms with Crippen molar-refractivity contribution in [1.82, 2.24) is 10.2 Å². The highest BCUT2D eigenvalue weighted by molar-refractivity contribution is 5.40. The van der Waals surface area contributed by atoms with Crippen molar-refractivity contribution in [2.75, 3.05) is 0 Å². The van der Waals surface area contributed by atoms with Crippen LogP contribution in [-0.4, -0.2) is 10.2 Å². The number of ether oxygens (including phenoxy) is 1. The van der Waals surface area contributed by atoms with Gasteiger partial charge in [0.05, 0.1) is 17.8 Å². The van der Waals surface area contributed by atoms with Gasteiger partial charge in [-0.15, -0.1) is 5.10 Å². The Balaban J connectivity index is 2.26. The quantitative estimate of drug-likeness (QED) is 0.776. The lowest BCUT2D eigenvalue weighted by Gasteiger charge is -2.04. The molecule has 1 aromatic heterocycles. The van der Waals surface area contributed by atoms with Gasteiger partial charge in [-0.3, -0.25) is 0 Å². The first-order valence-electron chi connectivity index (χ1n) is 4.73. The lowest BCUT2D eigenvalue weighted by atomic mass is 10.2. The maximum absolute atomic E-state index is 8.84. The third-order valence-electron chi connectivity index (χ3n) is 2.01. The third-order valence-corrected chi connectivity index (χ3v) is 2.01. The molecule has 0 saturated heterocycles. The number of nitriles is 2. The zero-order valence-corrected chi connectivity index (χ0v) is 8.66. The Hall–Kier alpha value is -2.92. The van der Waals surface area contributed by atoms with E-state index in [0.29, 0.717) is 16.9 Å². The van der Waals surface area contributed by atoms with Crippen LogP contribution in [0.5, 0.6) is 11.6 Å². The molecule has 0 saturated carbocycles. The molecule has 0 fully saturated rings. The summed E-state index contributed by atoms with van der Waals surface area (Å²) < 4.78 is 5.39. The van der Waals surface area contributed by atoms with E-state index in [0.717, 1.165) is 0 Å². The molecule has 0 aliphatic rings. The Morgan fingerprint density at radius 2 is 1.76 bits per heavy atom. The summed E-state index contributed by atoms with van der Waals surface area (Å²) in [5.41, 5.74) is 0.848. The van der Waals surface area contributed by atoms with E-state index in [-0.39, 0.29) is 5.88 Å². The standard InChI is InChI=1S/C12H6N4O/c13-7-9-1-3-11(4-2-9)17-12-10(8-14)5-6-15-16-12/h1-6H. The first-order chi connectivity index (χ1) is 8.33. The van der Waals surface area contributed by atoms with Gasteiger partial charge in [-0.1, -0.05) is 0 Å². The van der Waals surface area contributed by atoms with Gasteiger partial charge in [0.25, 0.3) is 5.88 Å². The summed E-state index contributed by atoms with van der Waals surface area (Å²) in [6.45, 7) is 0. The Kier molecular flexibility index (Phi) is 2.95. The van der Waals surface area contributed by atoms with Crippen LogP contribution >= 0.6 is 0 Å². The molecule has 1 heterocycles. The van der Waals surface area contributed by atoms with E-state index in [1.54, 1.807) is 24.3 Å². The summed E-state index contributed by atoms with van der Waals surface area (Å²) in [5.74, 6) is 0.653. The molecule has 0 unspecified atom stereocenters. The lowest BCUT2D eigenvalue weighted by Crippen LogP contribution is -1.93. The van der Waals surface area contributed by atoms with Gasteiger partial charge >= 0.3 is 0 Å². The van der Waals surface area contributed by atoms with Crippen molar-refractivity contribution in [1.29, 1.82) is 10.5 Å². The minimum absolute atomic E-state index is 0.153. The highest BCUT2D eigenvalue weighted by Gasteiger charge is 2.05. The van der Waals surface area contributed by atoms with Crippen molar-refractivity contribution < 1.29 is 4.74 Å². The number of hydrogen-bond donors (Lipinski definition) is 0. The van der Waals surface area contributed by atoms with Crippen LogP contribution in [0.25, 0.3) is 0 Å². The lowest BCUT2D eigenvalue weighted by molar-refractivity contribution is 0.453. The monoisotopic (exact) mass is 222 g/mol. The van der Waals surface area contributed by atoms with E-state index >= 15 is 0 Å². The zero-order valence-electron chi connectivity index (χ0n) is 8.66. The van der Waals surface area contributed by atoms with Gasteiger partial charge in [0.2, 0.25) is 0 Å². The summed E-state index contributed by atoms with van der Waals surface area (Å²) in [6.07, 6.45) is 1.42. The second-order valence-corrected chi connectivity index (χ2v) is 3.10. The number of nitrogens with zero attached hydrogens (tertiary/aromatic N) is 4. The average molecular weight is 222 g/mol. The van der Waals surface area contributed by atoms with Crippen LogP contribution in [0.3, 0.4) is 0 Å². The Morgan fingerprint density at radius 1 is 1.00 bits per heavy atom. The molecule has 2 rings (SSSR count). The second-order valence-electron chi connectivity index (χ2n) is 3.10. The fourth-order valence-corrected chi connectivity index (χ4v) is 1.19. The maximum Gasteiger partial charge on any atom is 0.256 e. The summed E-state index contributed by atoms with van der Waals surface area (Å²) in [5, 5.41) is 24.9. The first kappa shape index (κ1) is 10.6. The molecule has 0 radical (unpaired) electrons. The highest BCUT2D eigenvalue weighted by atomic mass is 16.5. The molecule has 0 bridgehead atoms. The van der Waals surface area contributed by atoms with E-state index in [1.165, 1.54) is 12.3 Å². The predicted molar refractivity (Wildman–Crippen MR) is 58.0 cm³/mol. The fourth-order valence-electron chi connectivity index (χ4n) is 1.19. The minimum atomic E-state index is 0.153. The second kappa shape index (κ2) is 4.73. The molecule has 0 atom stereocenters. The van der Waals surface area contributed by atoms with Crippen molar-refractivity contribution in [3.8, 4) is 23.8 Å². The predicted octanol–water partition coefficient (Wildman–Crippen LogP) is 2.01. The maximum atomic E-state index is 8.84. The van der Waals surface area contributed by atoms with Gasteiger partial charge in [0, 0.05) is 0 Å². The van der Waals surface area contributed by atoms with Crippen molar-refractivity contribution in [2.45, 2.75) is 0 Å². The molecule has 0 aliphatic heterocycles. The van der Waals surface area contributed by atoms with Gasteiger partial charge in [-0.05, 0) is 30.3 Å². The molecule has 0 amide bonds. The topological polar surface area (TPSA) is 82.6 Å². The van der Waals surface area contributed by atoms with Gasteiger partial charge < -0.3 is 4.74 Å². The smallest absolute Gasteiger partial charge is 0.256 e. The molecule has 1 aromatic carbocycles. The molecule has 0 spiro atoms. The van der Waals surface area contributed by atoms with Gasteiger partial charge in [-0.2, -0.15) is 15.6 Å². The van der Waals surface area contributed by atoms with Crippen LogP contribution in [0.1, 0.15) is 11.1 Å². The van der Waals surface area contributed by atoms with E-state index < -0.39 is 0 Å². The van der Waals surface area contributed by atoms with Crippen LogP contribution in [0.4, 0.5) is 0 Å². The third kappa shape index (κ3) is 2.36. The number of rotatable bonds is 2. The van der Waals surface area contributed by atoms with Crippen LogP contribution in [-0.2, 0) is 0 Å². The van der Waals surface area contributed by atoms with Gasteiger partial charge in [-0.25, -0.2) is 0 Å². The normalized spacial score (nSPS) is 9.06. The average Bonchev–Trinajstić information content (AvgIpc) is 2.40. The summed E-state index contributed by atoms with van der Waals surface area (Å²) in [6, 6.07) is 12.0. The SMILES string of the molecule is N#Cc1ccc(Oc2nnccc2C#N)cc1. The number of benzene rings is 1. The molecule has 0 N–H and O–H groups in total. The first-order valence-corrected chi connectivity index (χ1v) is 4.73. The Labute approximate surface area is 97.5 Å². The minimum Gasteiger partial charge on any atom is -0.437 e. The molecule has 2 aromatic rings. The van der Waals surface area contributed by atoms with E-state index in [4.69, 9.17) is 15.3 Å². The van der Waals surface area contributed by atoms with Crippen LogP contribution in [0, 0.1) is 22.7 Å². The van der Waals surface area contributed by atoms with Gasteiger partial charge in [0.1, 0.15) is 17.4 Å². The summed E-state index contributed by atoms with van der Waals surface area (Å²) in [4.78, 5) is 0. The highest BCUT2D eigenvalue weighted by Crippen LogP contribution is 2.21. The Bertz CT molecular complexity index is 608. The molecule has 80 valence electrons. The van der Waals surface area contributed by atoms with Crippen LogP contribution < -0.4 is 4.74 Å². The van der Waals surface area contributed by atoms with Crippen molar-refractivity contribution in [3.05, 3.63) is 47.7 Å². The summed E-state index contributed by atoms with van der Waals surface area (Å²) >= 11 is 0. The fraction of sp³-hybridized carbons (Fsp3) is 0. The summed E-state index contributed by atoms with van der Waals surface area (Å²) in [7, 11) is 0. The Morgan fingerprint density at radius 3 is 2.41 bits per heavy atom. The number of aromatic nitrogens is 2. The largest absolute Gasteiger partial charge is 0.437 e. The molecule has 5 heteroatoms. The van der Waals surface area contributed by atoms with Crippen molar-refractivity contribution in [2.24, 2.45) is 0 Å². The molecule has 17 heavy (non-hydrogen) atoms. The molecule has 5 nitrogen and oxygen atoms in total. The van der Waals surface area contributed by atoms with Crippen LogP contribution in [0.2, 0.25) is 0 Å². The molecular formula is C12H6N4O. The van der Waals surface area contributed by atoms with E-state index in [2.05, 4.69) is 10.2 Å². The van der Waals surface area contributed by atoms with Crippen molar-refractivity contribution >= 4 is 0 Å². The van der Waals surface area contributed by atoms with Gasteiger partial charge in [0.15, 0.2) is 0 Å². The molecule has 0 aliphatic carbocycles. The zero-order chi connectivity index (χ0) is 12.1. The molecular weight excluding hydrogens is 216 g/mol. The van der Waals surface area contributed by atoms with E-state index in [1.807, 2.05) is 12.1 Å². The van der Waals surface area contributed by atoms with Crippen molar-refractivity contribution in [3.63, 3.8) is 0 Å². The number of hydrogen-bond acceptors (Lipinski definition) is 5. The van der Waals surface area contributed by atoms with E-state index in [9.17, 15) is 0 Å².